The van der Waals surface area contributed by atoms with Crippen LogP contribution in [0.3, 0.4) is 0 Å². The highest BCUT2D eigenvalue weighted by atomic mass is 19.1. The summed E-state index contributed by atoms with van der Waals surface area (Å²) in [5.41, 5.74) is 2.49. The summed E-state index contributed by atoms with van der Waals surface area (Å²) >= 11 is 0. The van der Waals surface area contributed by atoms with Crippen LogP contribution in [-0.2, 0) is 17.8 Å². The van der Waals surface area contributed by atoms with Gasteiger partial charge in [0, 0.05) is 18.2 Å². The predicted molar refractivity (Wildman–Crippen MR) is 100 cm³/mol. The lowest BCUT2D eigenvalue weighted by Gasteiger charge is -2.22. The zero-order valence-electron chi connectivity index (χ0n) is 15.2. The standard InChI is InChI=1S/C22H21FN2O2/c1-15-20(24-22(27-15)17-5-3-2-4-6-17)13-21(26)25(19-11-12-19)14-16-7-9-18(23)10-8-16/h2-10,19H,11-14H2,1H3. The molecule has 27 heavy (non-hydrogen) atoms. The van der Waals surface area contributed by atoms with Gasteiger partial charge in [-0.15, -0.1) is 0 Å². The summed E-state index contributed by atoms with van der Waals surface area (Å²) in [6, 6.07) is 16.2. The van der Waals surface area contributed by atoms with E-state index in [1.165, 1.54) is 12.1 Å². The summed E-state index contributed by atoms with van der Waals surface area (Å²) in [6.45, 7) is 2.33. The van der Waals surface area contributed by atoms with E-state index in [2.05, 4.69) is 4.98 Å². The minimum atomic E-state index is -0.269. The number of benzene rings is 2. The van der Waals surface area contributed by atoms with E-state index in [0.717, 1.165) is 24.0 Å². The van der Waals surface area contributed by atoms with Crippen LogP contribution in [0, 0.1) is 12.7 Å². The van der Waals surface area contributed by atoms with Gasteiger partial charge in [-0.2, -0.15) is 0 Å². The highest BCUT2D eigenvalue weighted by molar-refractivity contribution is 5.79. The van der Waals surface area contributed by atoms with Gasteiger partial charge in [0.1, 0.15) is 11.6 Å². The molecule has 1 aliphatic rings. The van der Waals surface area contributed by atoms with Crippen molar-refractivity contribution in [3.63, 3.8) is 0 Å². The van der Waals surface area contributed by atoms with Crippen molar-refractivity contribution in [1.29, 1.82) is 0 Å². The number of rotatable bonds is 6. The van der Waals surface area contributed by atoms with E-state index in [-0.39, 0.29) is 24.2 Å². The number of oxazole rings is 1. The number of hydrogen-bond acceptors (Lipinski definition) is 3. The highest BCUT2D eigenvalue weighted by Gasteiger charge is 2.33. The van der Waals surface area contributed by atoms with Crippen molar-refractivity contribution in [2.24, 2.45) is 0 Å². The van der Waals surface area contributed by atoms with Gasteiger partial charge in [0.15, 0.2) is 0 Å². The Morgan fingerprint density at radius 2 is 1.85 bits per heavy atom. The van der Waals surface area contributed by atoms with E-state index >= 15 is 0 Å². The largest absolute Gasteiger partial charge is 0.441 e. The van der Waals surface area contributed by atoms with Gasteiger partial charge in [-0.25, -0.2) is 9.37 Å². The summed E-state index contributed by atoms with van der Waals surface area (Å²) < 4.78 is 18.9. The van der Waals surface area contributed by atoms with Crippen LogP contribution >= 0.6 is 0 Å². The van der Waals surface area contributed by atoms with Crippen molar-refractivity contribution in [3.05, 3.63) is 77.4 Å². The second-order valence-corrected chi connectivity index (χ2v) is 6.94. The number of carbonyl (C=O) groups is 1. The van der Waals surface area contributed by atoms with E-state index in [4.69, 9.17) is 4.42 Å². The smallest absolute Gasteiger partial charge is 0.229 e. The minimum absolute atomic E-state index is 0.0258. The topological polar surface area (TPSA) is 46.3 Å². The van der Waals surface area contributed by atoms with Gasteiger partial charge >= 0.3 is 0 Å². The normalized spacial score (nSPS) is 13.6. The lowest BCUT2D eigenvalue weighted by molar-refractivity contribution is -0.131. The molecule has 4 rings (SSSR count). The van der Waals surface area contributed by atoms with Crippen LogP contribution < -0.4 is 0 Å². The quantitative estimate of drug-likeness (QED) is 0.646. The average Bonchev–Trinajstić information content (AvgIpc) is 3.45. The molecule has 1 fully saturated rings. The van der Waals surface area contributed by atoms with Crippen LogP contribution in [0.2, 0.25) is 0 Å². The molecule has 2 aromatic carbocycles. The van der Waals surface area contributed by atoms with Crippen molar-refractivity contribution >= 4 is 5.91 Å². The summed E-state index contributed by atoms with van der Waals surface area (Å²) in [4.78, 5) is 19.3. The van der Waals surface area contributed by atoms with Crippen molar-refractivity contribution in [2.45, 2.75) is 38.8 Å². The van der Waals surface area contributed by atoms with E-state index in [9.17, 15) is 9.18 Å². The first-order valence-electron chi connectivity index (χ1n) is 9.16. The first kappa shape index (κ1) is 17.5. The number of carbonyl (C=O) groups excluding carboxylic acids is 1. The first-order valence-corrected chi connectivity index (χ1v) is 9.16. The molecule has 1 amide bonds. The number of amides is 1. The molecule has 1 aromatic heterocycles. The molecular weight excluding hydrogens is 343 g/mol. The van der Waals surface area contributed by atoms with Crippen molar-refractivity contribution < 1.29 is 13.6 Å². The van der Waals surface area contributed by atoms with Crippen LogP contribution in [0.1, 0.15) is 29.9 Å². The van der Waals surface area contributed by atoms with Gasteiger partial charge in [0.05, 0.1) is 12.1 Å². The van der Waals surface area contributed by atoms with Crippen molar-refractivity contribution in [2.75, 3.05) is 0 Å². The average molecular weight is 364 g/mol. The SMILES string of the molecule is Cc1oc(-c2ccccc2)nc1CC(=O)N(Cc1ccc(F)cc1)C1CC1. The molecule has 0 unspecified atom stereocenters. The van der Waals surface area contributed by atoms with Crippen LogP contribution in [0.25, 0.3) is 11.5 Å². The summed E-state index contributed by atoms with van der Waals surface area (Å²) in [5.74, 6) is 0.958. The molecule has 0 N–H and O–H groups in total. The summed E-state index contributed by atoms with van der Waals surface area (Å²) in [7, 11) is 0. The molecule has 0 bridgehead atoms. The number of aromatic nitrogens is 1. The minimum Gasteiger partial charge on any atom is -0.441 e. The second-order valence-electron chi connectivity index (χ2n) is 6.94. The van der Waals surface area contributed by atoms with E-state index in [0.29, 0.717) is 23.9 Å². The van der Waals surface area contributed by atoms with E-state index in [1.54, 1.807) is 12.1 Å². The fourth-order valence-corrected chi connectivity index (χ4v) is 3.13. The maximum Gasteiger partial charge on any atom is 0.229 e. The van der Waals surface area contributed by atoms with Gasteiger partial charge in [0.2, 0.25) is 11.8 Å². The number of nitrogens with zero attached hydrogens (tertiary/aromatic N) is 2. The van der Waals surface area contributed by atoms with Gasteiger partial charge in [0.25, 0.3) is 0 Å². The van der Waals surface area contributed by atoms with Gasteiger partial charge < -0.3 is 9.32 Å². The Bertz CT molecular complexity index is 931. The third-order valence-electron chi connectivity index (χ3n) is 4.81. The Kier molecular flexibility index (Phi) is 4.75. The molecule has 1 saturated carbocycles. The zero-order chi connectivity index (χ0) is 18.8. The molecule has 4 nitrogen and oxygen atoms in total. The predicted octanol–water partition coefficient (Wildman–Crippen LogP) is 4.52. The second kappa shape index (κ2) is 7.35. The van der Waals surface area contributed by atoms with E-state index in [1.807, 2.05) is 42.2 Å². The Morgan fingerprint density at radius 3 is 2.52 bits per heavy atom. The van der Waals surface area contributed by atoms with Gasteiger partial charge in [-0.3, -0.25) is 4.79 Å². The molecule has 3 aromatic rings. The number of halogens is 1. The lowest BCUT2D eigenvalue weighted by atomic mass is 10.2. The molecule has 0 radical (unpaired) electrons. The maximum absolute atomic E-state index is 13.1. The molecule has 138 valence electrons. The van der Waals surface area contributed by atoms with Crippen LogP contribution in [0.15, 0.2) is 59.0 Å². The monoisotopic (exact) mass is 364 g/mol. The molecule has 1 aliphatic carbocycles. The Hall–Kier alpha value is -2.95. The van der Waals surface area contributed by atoms with Crippen LogP contribution in [-0.4, -0.2) is 21.8 Å². The molecule has 0 spiro atoms. The first-order chi connectivity index (χ1) is 13.1. The third kappa shape index (κ3) is 4.08. The highest BCUT2D eigenvalue weighted by Crippen LogP contribution is 2.30. The van der Waals surface area contributed by atoms with E-state index < -0.39 is 0 Å². The van der Waals surface area contributed by atoms with Crippen molar-refractivity contribution in [1.82, 2.24) is 9.88 Å². The molecule has 1 heterocycles. The zero-order valence-corrected chi connectivity index (χ0v) is 15.2. The Labute approximate surface area is 157 Å². The Balaban J connectivity index is 1.50. The maximum atomic E-state index is 13.1. The molecule has 0 saturated heterocycles. The fraction of sp³-hybridized carbons (Fsp3) is 0.273. The van der Waals surface area contributed by atoms with Gasteiger partial charge in [-0.05, 0) is 49.6 Å². The molecule has 5 heteroatoms. The van der Waals surface area contributed by atoms with Crippen LogP contribution in [0.5, 0.6) is 0 Å². The molecular formula is C22H21FN2O2. The molecule has 0 atom stereocenters. The van der Waals surface area contributed by atoms with Crippen LogP contribution in [0.4, 0.5) is 4.39 Å². The summed E-state index contributed by atoms with van der Waals surface area (Å²) in [5, 5.41) is 0. The number of aryl methyl sites for hydroxylation is 1. The Morgan fingerprint density at radius 1 is 1.15 bits per heavy atom. The fourth-order valence-electron chi connectivity index (χ4n) is 3.13. The molecule has 0 aliphatic heterocycles. The lowest BCUT2D eigenvalue weighted by Crippen LogP contribution is -2.34. The van der Waals surface area contributed by atoms with Gasteiger partial charge in [-0.1, -0.05) is 30.3 Å². The van der Waals surface area contributed by atoms with Crippen molar-refractivity contribution in [3.8, 4) is 11.5 Å². The summed E-state index contributed by atoms with van der Waals surface area (Å²) in [6.07, 6.45) is 2.24. The third-order valence-corrected chi connectivity index (χ3v) is 4.81. The number of hydrogen-bond donors (Lipinski definition) is 0.